The lowest BCUT2D eigenvalue weighted by atomic mass is 10.0. The zero-order chi connectivity index (χ0) is 24.5. The van der Waals surface area contributed by atoms with Crippen LogP contribution in [0.3, 0.4) is 0 Å². The van der Waals surface area contributed by atoms with Crippen molar-refractivity contribution in [3.8, 4) is 11.5 Å². The Morgan fingerprint density at radius 2 is 1.56 bits per heavy atom. The van der Waals surface area contributed by atoms with Crippen LogP contribution in [0.5, 0.6) is 11.5 Å². The third kappa shape index (κ3) is 6.97. The summed E-state index contributed by atoms with van der Waals surface area (Å²) >= 11 is 0. The molecule has 0 radical (unpaired) electrons. The number of carbonyl (C=O) groups is 2. The smallest absolute Gasteiger partial charge is 0.251 e. The Kier molecular flexibility index (Phi) is 9.33. The Bertz CT molecular complexity index is 920. The van der Waals surface area contributed by atoms with Crippen molar-refractivity contribution in [1.82, 2.24) is 15.1 Å². The molecule has 184 valence electrons. The van der Waals surface area contributed by atoms with Crippen LogP contribution in [-0.2, 0) is 11.2 Å². The number of methoxy groups -OCH3 is 1. The van der Waals surface area contributed by atoms with Crippen LogP contribution < -0.4 is 14.8 Å². The second-order valence-electron chi connectivity index (χ2n) is 8.92. The quantitative estimate of drug-likeness (QED) is 0.581. The van der Waals surface area contributed by atoms with Gasteiger partial charge in [-0.05, 0) is 61.2 Å². The molecule has 1 atom stereocenters. The van der Waals surface area contributed by atoms with E-state index in [1.807, 2.05) is 37.8 Å². The zero-order valence-electron chi connectivity index (χ0n) is 20.8. The van der Waals surface area contributed by atoms with Gasteiger partial charge in [0.1, 0.15) is 17.5 Å². The Labute approximate surface area is 203 Å². The largest absolute Gasteiger partial charge is 0.497 e. The van der Waals surface area contributed by atoms with E-state index >= 15 is 0 Å². The number of hydrogen-bond acceptors (Lipinski definition) is 5. The molecule has 0 spiro atoms. The van der Waals surface area contributed by atoms with E-state index in [0.29, 0.717) is 25.3 Å². The highest BCUT2D eigenvalue weighted by atomic mass is 16.5. The number of piperazine rings is 1. The van der Waals surface area contributed by atoms with Gasteiger partial charge < -0.3 is 19.7 Å². The predicted octanol–water partition coefficient (Wildman–Crippen LogP) is 3.24. The standard InChI is InChI=1S/C27H37N3O4/c1-5-34-24-12-8-22(9-13-24)26(31)28-25(20(2)3)27(32)30-18-16-29(17-19-30)15-14-21-6-10-23(33-4)11-7-21/h6-13,20,25H,5,14-19H2,1-4H3,(H,28,31). The number of rotatable bonds is 10. The maximum atomic E-state index is 13.3. The Balaban J connectivity index is 1.50. The van der Waals surface area contributed by atoms with Crippen molar-refractivity contribution in [3.05, 3.63) is 59.7 Å². The van der Waals surface area contributed by atoms with Crippen LogP contribution in [0, 0.1) is 5.92 Å². The number of benzene rings is 2. The number of ether oxygens (including phenoxy) is 2. The van der Waals surface area contributed by atoms with Gasteiger partial charge in [-0.2, -0.15) is 0 Å². The lowest BCUT2D eigenvalue weighted by Crippen LogP contribution is -2.56. The lowest BCUT2D eigenvalue weighted by Gasteiger charge is -2.37. The monoisotopic (exact) mass is 467 g/mol. The molecule has 0 aromatic heterocycles. The minimum atomic E-state index is -0.551. The van der Waals surface area contributed by atoms with E-state index < -0.39 is 6.04 Å². The van der Waals surface area contributed by atoms with E-state index in [0.717, 1.165) is 37.6 Å². The fourth-order valence-electron chi connectivity index (χ4n) is 4.08. The van der Waals surface area contributed by atoms with E-state index in [4.69, 9.17) is 9.47 Å². The van der Waals surface area contributed by atoms with Gasteiger partial charge in [0.25, 0.3) is 5.91 Å². The first-order chi connectivity index (χ1) is 16.4. The highest BCUT2D eigenvalue weighted by Crippen LogP contribution is 2.15. The molecule has 7 heteroatoms. The fourth-order valence-corrected chi connectivity index (χ4v) is 4.08. The molecule has 1 saturated heterocycles. The SMILES string of the molecule is CCOc1ccc(C(=O)NC(C(=O)N2CCN(CCc3ccc(OC)cc3)CC2)C(C)C)cc1. The van der Waals surface area contributed by atoms with E-state index in [1.165, 1.54) is 5.56 Å². The number of nitrogens with zero attached hydrogens (tertiary/aromatic N) is 2. The van der Waals surface area contributed by atoms with Crippen molar-refractivity contribution in [2.75, 3.05) is 46.4 Å². The summed E-state index contributed by atoms with van der Waals surface area (Å²) in [4.78, 5) is 30.3. The summed E-state index contributed by atoms with van der Waals surface area (Å²) in [5, 5.41) is 2.95. The van der Waals surface area contributed by atoms with Gasteiger partial charge in [0.05, 0.1) is 13.7 Å². The molecule has 1 N–H and O–H groups in total. The Morgan fingerprint density at radius 3 is 2.12 bits per heavy atom. The summed E-state index contributed by atoms with van der Waals surface area (Å²) in [6, 6.07) is 14.6. The van der Waals surface area contributed by atoms with Gasteiger partial charge in [-0.1, -0.05) is 26.0 Å². The summed E-state index contributed by atoms with van der Waals surface area (Å²) in [5.41, 5.74) is 1.79. The minimum absolute atomic E-state index is 0.00718. The molecule has 1 heterocycles. The number of carbonyl (C=O) groups excluding carboxylic acids is 2. The normalized spacial score (nSPS) is 15.1. The summed E-state index contributed by atoms with van der Waals surface area (Å²) in [5.74, 6) is 1.33. The molecule has 2 amide bonds. The zero-order valence-corrected chi connectivity index (χ0v) is 20.8. The third-order valence-electron chi connectivity index (χ3n) is 6.21. The number of nitrogens with one attached hydrogen (secondary N) is 1. The van der Waals surface area contributed by atoms with Crippen LogP contribution in [0.25, 0.3) is 0 Å². The van der Waals surface area contributed by atoms with Crippen molar-refractivity contribution in [2.45, 2.75) is 33.2 Å². The highest BCUT2D eigenvalue weighted by Gasteiger charge is 2.30. The Hall–Kier alpha value is -3.06. The summed E-state index contributed by atoms with van der Waals surface area (Å²) in [6.07, 6.45) is 0.963. The Morgan fingerprint density at radius 1 is 0.941 bits per heavy atom. The molecule has 1 aliphatic rings. The van der Waals surface area contributed by atoms with Crippen LogP contribution in [0.1, 0.15) is 36.7 Å². The molecule has 1 unspecified atom stereocenters. The van der Waals surface area contributed by atoms with E-state index in [1.54, 1.807) is 31.4 Å². The average Bonchev–Trinajstić information content (AvgIpc) is 2.86. The van der Waals surface area contributed by atoms with Crippen LogP contribution in [0.15, 0.2) is 48.5 Å². The maximum absolute atomic E-state index is 13.3. The lowest BCUT2D eigenvalue weighted by molar-refractivity contribution is -0.136. The van der Waals surface area contributed by atoms with E-state index in [2.05, 4.69) is 22.3 Å². The van der Waals surface area contributed by atoms with Crippen LogP contribution in [-0.4, -0.2) is 74.1 Å². The predicted molar refractivity (Wildman–Crippen MR) is 133 cm³/mol. The van der Waals surface area contributed by atoms with E-state index in [-0.39, 0.29) is 17.7 Å². The van der Waals surface area contributed by atoms with Crippen molar-refractivity contribution < 1.29 is 19.1 Å². The molecule has 0 aliphatic carbocycles. The third-order valence-corrected chi connectivity index (χ3v) is 6.21. The molecule has 0 saturated carbocycles. The second-order valence-corrected chi connectivity index (χ2v) is 8.92. The van der Waals surface area contributed by atoms with Gasteiger partial charge >= 0.3 is 0 Å². The van der Waals surface area contributed by atoms with Gasteiger partial charge in [0, 0.05) is 38.3 Å². The highest BCUT2D eigenvalue weighted by molar-refractivity contribution is 5.97. The molecule has 1 aliphatic heterocycles. The molecule has 34 heavy (non-hydrogen) atoms. The first-order valence-electron chi connectivity index (χ1n) is 12.1. The van der Waals surface area contributed by atoms with Crippen molar-refractivity contribution in [2.24, 2.45) is 5.92 Å². The molecule has 7 nitrogen and oxygen atoms in total. The van der Waals surface area contributed by atoms with Gasteiger partial charge in [-0.3, -0.25) is 14.5 Å². The summed E-state index contributed by atoms with van der Waals surface area (Å²) in [7, 11) is 1.67. The van der Waals surface area contributed by atoms with Gasteiger partial charge in [-0.25, -0.2) is 0 Å². The minimum Gasteiger partial charge on any atom is -0.497 e. The summed E-state index contributed by atoms with van der Waals surface area (Å²) in [6.45, 7) is 10.4. The van der Waals surface area contributed by atoms with Crippen molar-refractivity contribution in [3.63, 3.8) is 0 Å². The molecule has 1 fully saturated rings. The molecular formula is C27H37N3O4. The summed E-state index contributed by atoms with van der Waals surface area (Å²) < 4.78 is 10.7. The van der Waals surface area contributed by atoms with Gasteiger partial charge in [0.2, 0.25) is 5.91 Å². The molecule has 2 aromatic rings. The molecule has 3 rings (SSSR count). The second kappa shape index (κ2) is 12.4. The number of amides is 2. The average molecular weight is 468 g/mol. The van der Waals surface area contributed by atoms with Crippen molar-refractivity contribution >= 4 is 11.8 Å². The van der Waals surface area contributed by atoms with Gasteiger partial charge in [0.15, 0.2) is 0 Å². The molecule has 0 bridgehead atoms. The van der Waals surface area contributed by atoms with Crippen molar-refractivity contribution in [1.29, 1.82) is 0 Å². The maximum Gasteiger partial charge on any atom is 0.251 e. The first-order valence-corrected chi connectivity index (χ1v) is 12.1. The van der Waals surface area contributed by atoms with Gasteiger partial charge in [-0.15, -0.1) is 0 Å². The molecule has 2 aromatic carbocycles. The first kappa shape index (κ1) is 25.6. The van der Waals surface area contributed by atoms with Crippen LogP contribution in [0.2, 0.25) is 0 Å². The molecular weight excluding hydrogens is 430 g/mol. The fraction of sp³-hybridized carbons (Fsp3) is 0.481. The van der Waals surface area contributed by atoms with Crippen LogP contribution >= 0.6 is 0 Å². The van der Waals surface area contributed by atoms with E-state index in [9.17, 15) is 9.59 Å². The topological polar surface area (TPSA) is 71.1 Å². The number of hydrogen-bond donors (Lipinski definition) is 1. The van der Waals surface area contributed by atoms with Crippen LogP contribution in [0.4, 0.5) is 0 Å².